The van der Waals surface area contributed by atoms with Gasteiger partial charge in [0.05, 0.1) is 0 Å². The molecule has 1 aromatic carbocycles. The van der Waals surface area contributed by atoms with E-state index in [9.17, 15) is 8.78 Å². The van der Waals surface area contributed by atoms with Gasteiger partial charge in [0, 0.05) is 17.5 Å². The lowest BCUT2D eigenvalue weighted by molar-refractivity contribution is 0.0525. The second-order valence-corrected chi connectivity index (χ2v) is 5.09. The van der Waals surface area contributed by atoms with Crippen molar-refractivity contribution in [2.45, 2.75) is 17.8 Å². The average molecular weight is 235 g/mol. The largest absolute Gasteiger partial charge is 0.316 e. The van der Waals surface area contributed by atoms with Crippen LogP contribution in [-0.2, 0) is 11.3 Å². The molecule has 17 heavy (non-hydrogen) atoms. The van der Waals surface area contributed by atoms with Crippen LogP contribution in [-0.4, -0.2) is 13.1 Å². The monoisotopic (exact) mass is 235 g/mol. The van der Waals surface area contributed by atoms with E-state index in [0.717, 1.165) is 13.1 Å². The summed E-state index contributed by atoms with van der Waals surface area (Å²) in [6.45, 7) is 5.21. The molecule has 90 valence electrons. The zero-order chi connectivity index (χ0) is 12.1. The van der Waals surface area contributed by atoms with Crippen molar-refractivity contribution in [3.8, 4) is 0 Å². The van der Waals surface area contributed by atoms with E-state index >= 15 is 0 Å². The zero-order valence-corrected chi connectivity index (χ0v) is 9.55. The first kappa shape index (κ1) is 10.9. The number of piperidine rings is 1. The van der Waals surface area contributed by atoms with Crippen molar-refractivity contribution in [2.24, 2.45) is 5.92 Å². The molecule has 0 spiro atoms. The van der Waals surface area contributed by atoms with Crippen molar-refractivity contribution in [3.63, 3.8) is 0 Å². The summed E-state index contributed by atoms with van der Waals surface area (Å²) in [5, 5.41) is 3.35. The molecule has 3 heteroatoms. The first-order valence-electron chi connectivity index (χ1n) is 5.92. The summed E-state index contributed by atoms with van der Waals surface area (Å²) in [4.78, 5) is 0. The summed E-state index contributed by atoms with van der Waals surface area (Å²) in [6, 6.07) is 6.75. The van der Waals surface area contributed by atoms with Gasteiger partial charge in [0.1, 0.15) is 0 Å². The van der Waals surface area contributed by atoms with Gasteiger partial charge in [0.25, 0.3) is 5.92 Å². The van der Waals surface area contributed by atoms with Crippen LogP contribution in [0.4, 0.5) is 8.78 Å². The average Bonchev–Trinajstić information content (AvgIpc) is 2.92. The van der Waals surface area contributed by atoms with E-state index < -0.39 is 5.92 Å². The Kier molecular flexibility index (Phi) is 2.17. The van der Waals surface area contributed by atoms with E-state index in [1.54, 1.807) is 0 Å². The molecule has 2 aliphatic rings. The molecule has 2 unspecified atom stereocenters. The maximum absolute atomic E-state index is 13.4. The summed E-state index contributed by atoms with van der Waals surface area (Å²) in [5.74, 6) is -2.22. The number of benzene rings is 1. The van der Waals surface area contributed by atoms with E-state index in [2.05, 4.69) is 11.9 Å². The SMILES string of the molecule is C=CC(F)(F)c1ccc(C23CNCC2C3)cc1. The van der Waals surface area contributed by atoms with Gasteiger partial charge in [-0.1, -0.05) is 30.8 Å². The van der Waals surface area contributed by atoms with E-state index in [4.69, 9.17) is 0 Å². The number of hydrogen-bond donors (Lipinski definition) is 1. The van der Waals surface area contributed by atoms with Crippen molar-refractivity contribution in [2.75, 3.05) is 13.1 Å². The third-order valence-electron chi connectivity index (χ3n) is 4.16. The predicted octanol–water partition coefficient (Wildman–Crippen LogP) is 2.83. The smallest absolute Gasteiger partial charge is 0.291 e. The topological polar surface area (TPSA) is 12.0 Å². The van der Waals surface area contributed by atoms with Crippen LogP contribution in [0.15, 0.2) is 36.9 Å². The molecule has 0 amide bonds. The molecule has 1 aliphatic heterocycles. The van der Waals surface area contributed by atoms with Crippen molar-refractivity contribution in [1.29, 1.82) is 0 Å². The summed E-state index contributed by atoms with van der Waals surface area (Å²) >= 11 is 0. The molecule has 2 fully saturated rings. The van der Waals surface area contributed by atoms with Crippen molar-refractivity contribution >= 4 is 0 Å². The summed E-state index contributed by atoms with van der Waals surface area (Å²) in [5.41, 5.74) is 1.45. The molecule has 2 atom stereocenters. The van der Waals surface area contributed by atoms with Gasteiger partial charge in [-0.3, -0.25) is 0 Å². The fourth-order valence-electron chi connectivity index (χ4n) is 2.93. The van der Waals surface area contributed by atoms with E-state index in [0.29, 0.717) is 12.0 Å². The molecule has 0 radical (unpaired) electrons. The van der Waals surface area contributed by atoms with Crippen molar-refractivity contribution < 1.29 is 8.78 Å². The summed E-state index contributed by atoms with van der Waals surface area (Å²) in [7, 11) is 0. The van der Waals surface area contributed by atoms with Crippen LogP contribution in [0.5, 0.6) is 0 Å². The molecule has 1 aromatic rings. The van der Waals surface area contributed by atoms with Gasteiger partial charge in [-0.15, -0.1) is 0 Å². The second-order valence-electron chi connectivity index (χ2n) is 5.09. The molecule has 0 bridgehead atoms. The normalized spacial score (nSPS) is 31.1. The van der Waals surface area contributed by atoms with Gasteiger partial charge < -0.3 is 5.32 Å². The highest BCUT2D eigenvalue weighted by atomic mass is 19.3. The highest BCUT2D eigenvalue weighted by Crippen LogP contribution is 2.56. The minimum Gasteiger partial charge on any atom is -0.316 e. The van der Waals surface area contributed by atoms with Gasteiger partial charge in [-0.25, -0.2) is 0 Å². The first-order chi connectivity index (χ1) is 8.08. The second kappa shape index (κ2) is 3.39. The lowest BCUT2D eigenvalue weighted by atomic mass is 9.93. The lowest BCUT2D eigenvalue weighted by Gasteiger charge is -2.15. The molecular formula is C14H15F2N. The number of fused-ring (bicyclic) bond motifs is 1. The van der Waals surface area contributed by atoms with Crippen LogP contribution >= 0.6 is 0 Å². The summed E-state index contributed by atoms with van der Waals surface area (Å²) in [6.07, 6.45) is 1.88. The molecule has 1 saturated carbocycles. The van der Waals surface area contributed by atoms with Crippen LogP contribution in [0.3, 0.4) is 0 Å². The maximum atomic E-state index is 13.4. The van der Waals surface area contributed by atoms with Crippen molar-refractivity contribution in [3.05, 3.63) is 48.0 Å². The molecule has 3 rings (SSSR count). The third kappa shape index (κ3) is 1.53. The molecule has 1 saturated heterocycles. The number of nitrogens with one attached hydrogen (secondary N) is 1. The molecule has 1 heterocycles. The number of rotatable bonds is 3. The first-order valence-corrected chi connectivity index (χ1v) is 5.92. The number of hydrogen-bond acceptors (Lipinski definition) is 1. The third-order valence-corrected chi connectivity index (χ3v) is 4.16. The Morgan fingerprint density at radius 1 is 1.35 bits per heavy atom. The Morgan fingerprint density at radius 3 is 2.53 bits per heavy atom. The highest BCUT2D eigenvalue weighted by molar-refractivity contribution is 5.39. The molecule has 1 nitrogen and oxygen atoms in total. The fraction of sp³-hybridized carbons (Fsp3) is 0.429. The number of allylic oxidation sites excluding steroid dienone is 1. The minimum absolute atomic E-state index is 0.0239. The summed E-state index contributed by atoms with van der Waals surface area (Å²) < 4.78 is 26.7. The Bertz CT molecular complexity index is 452. The van der Waals surface area contributed by atoms with Crippen LogP contribution in [0.25, 0.3) is 0 Å². The maximum Gasteiger partial charge on any atom is 0.291 e. The Labute approximate surface area is 99.5 Å². The predicted molar refractivity (Wildman–Crippen MR) is 63.2 cm³/mol. The van der Waals surface area contributed by atoms with Crippen LogP contribution in [0.2, 0.25) is 0 Å². The molecule has 1 N–H and O–H groups in total. The van der Waals surface area contributed by atoms with Crippen LogP contribution in [0, 0.1) is 5.92 Å². The number of halogens is 2. The van der Waals surface area contributed by atoms with Crippen molar-refractivity contribution in [1.82, 2.24) is 5.32 Å². The zero-order valence-electron chi connectivity index (χ0n) is 9.55. The van der Waals surface area contributed by atoms with Gasteiger partial charge in [-0.2, -0.15) is 8.78 Å². The van der Waals surface area contributed by atoms with Gasteiger partial charge >= 0.3 is 0 Å². The van der Waals surface area contributed by atoms with Crippen LogP contribution < -0.4 is 5.32 Å². The van der Waals surface area contributed by atoms with Gasteiger partial charge in [0.15, 0.2) is 0 Å². The quantitative estimate of drug-likeness (QED) is 0.794. The Hall–Kier alpha value is -1.22. The molecule has 1 aliphatic carbocycles. The molecule has 0 aromatic heterocycles. The van der Waals surface area contributed by atoms with E-state index in [-0.39, 0.29) is 11.0 Å². The number of alkyl halides is 2. The van der Waals surface area contributed by atoms with E-state index in [1.807, 2.05) is 12.1 Å². The van der Waals surface area contributed by atoms with Crippen LogP contribution in [0.1, 0.15) is 17.5 Å². The van der Waals surface area contributed by atoms with Gasteiger partial charge in [0.2, 0.25) is 0 Å². The van der Waals surface area contributed by atoms with E-state index in [1.165, 1.54) is 24.1 Å². The molecular weight excluding hydrogens is 220 g/mol. The minimum atomic E-state index is -2.92. The Morgan fingerprint density at radius 2 is 2.06 bits per heavy atom. The van der Waals surface area contributed by atoms with Gasteiger partial charge in [-0.05, 0) is 30.5 Å². The Balaban J connectivity index is 1.89. The highest BCUT2D eigenvalue weighted by Gasteiger charge is 2.57. The standard InChI is InChI=1S/C14H15F2N/c1-2-14(15,16)11-5-3-10(4-6-11)13-7-12(13)8-17-9-13/h2-6,12,17H,1,7-9H2. The lowest BCUT2D eigenvalue weighted by Crippen LogP contribution is -2.19. The fourth-order valence-corrected chi connectivity index (χ4v) is 2.93.